The minimum Gasteiger partial charge on any atom is -0.444 e. The molecule has 3 aromatic heterocycles. The molecule has 12 heteroatoms. The molecule has 30 heavy (non-hydrogen) atoms. The van der Waals surface area contributed by atoms with Crippen molar-refractivity contribution < 1.29 is 22.1 Å². The van der Waals surface area contributed by atoms with Crippen molar-refractivity contribution in [3.05, 3.63) is 30.6 Å². The number of aromatic amines is 1. The first kappa shape index (κ1) is 20.5. The highest BCUT2D eigenvalue weighted by Gasteiger charge is 2.24. The molecule has 1 atom stereocenters. The predicted molar refractivity (Wildman–Crippen MR) is 106 cm³/mol. The third-order valence-corrected chi connectivity index (χ3v) is 5.51. The molecule has 3 aromatic rings. The van der Waals surface area contributed by atoms with Crippen LogP contribution in [0.3, 0.4) is 0 Å². The number of rotatable bonds is 4. The summed E-state index contributed by atoms with van der Waals surface area (Å²) in [6.07, 6.45) is -1.28. The van der Waals surface area contributed by atoms with E-state index < -0.39 is 22.5 Å². The summed E-state index contributed by atoms with van der Waals surface area (Å²) in [5.74, 6) is -0.857. The maximum absolute atomic E-state index is 12.6. The van der Waals surface area contributed by atoms with Crippen molar-refractivity contribution >= 4 is 33.3 Å². The molecule has 1 saturated heterocycles. The maximum Gasteiger partial charge on any atom is 0.374 e. The van der Waals surface area contributed by atoms with Gasteiger partial charge < -0.3 is 23.2 Å². The van der Waals surface area contributed by atoms with Crippen LogP contribution in [-0.4, -0.2) is 57.7 Å². The molecule has 8 nitrogen and oxygen atoms in total. The quantitative estimate of drug-likeness (QED) is 0.624. The lowest BCUT2D eigenvalue weighted by molar-refractivity contribution is -0.105. The minimum absolute atomic E-state index is 0.000241. The molecule has 4 heterocycles. The number of hydrogen-bond acceptors (Lipinski definition) is 8. The number of ether oxygens (including phenoxy) is 1. The summed E-state index contributed by atoms with van der Waals surface area (Å²) in [6, 6.07) is 4.98. The number of morpholine rings is 1. The highest BCUT2D eigenvalue weighted by Crippen LogP contribution is 2.30. The highest BCUT2D eigenvalue weighted by molar-refractivity contribution is 7.75. The maximum atomic E-state index is 12.6. The van der Waals surface area contributed by atoms with Gasteiger partial charge in [-0.1, -0.05) is 0 Å². The van der Waals surface area contributed by atoms with Crippen molar-refractivity contribution in [3.8, 4) is 11.4 Å². The van der Waals surface area contributed by atoms with Gasteiger partial charge in [-0.2, -0.15) is 23.8 Å². The highest BCUT2D eigenvalue weighted by atomic mass is 32.2. The van der Waals surface area contributed by atoms with Gasteiger partial charge in [-0.05, 0) is 19.1 Å². The minimum atomic E-state index is -4.59. The van der Waals surface area contributed by atoms with Gasteiger partial charge in [0.25, 0.3) is 0 Å². The van der Waals surface area contributed by atoms with Gasteiger partial charge in [0.15, 0.2) is 5.82 Å². The molecule has 1 N–H and O–H groups in total. The zero-order valence-electron chi connectivity index (χ0n) is 15.9. The summed E-state index contributed by atoms with van der Waals surface area (Å²) >= 11 is 0. The largest absolute Gasteiger partial charge is 0.444 e. The van der Waals surface area contributed by atoms with E-state index in [0.29, 0.717) is 36.8 Å². The lowest BCUT2D eigenvalue weighted by Crippen LogP contribution is -2.44. The first-order valence-electron chi connectivity index (χ1n) is 9.13. The molecule has 0 saturated carbocycles. The fourth-order valence-corrected chi connectivity index (χ4v) is 3.88. The van der Waals surface area contributed by atoms with E-state index in [1.165, 1.54) is 6.07 Å². The fraction of sp³-hybridized carbons (Fsp3) is 0.389. The number of aromatic nitrogens is 4. The van der Waals surface area contributed by atoms with Gasteiger partial charge in [-0.15, -0.1) is 0 Å². The van der Waals surface area contributed by atoms with E-state index in [1.54, 1.807) is 18.5 Å². The zero-order valence-corrected chi connectivity index (χ0v) is 16.7. The number of pyridine rings is 1. The van der Waals surface area contributed by atoms with Gasteiger partial charge in [0.05, 0.1) is 19.3 Å². The van der Waals surface area contributed by atoms with Crippen molar-refractivity contribution in [3.63, 3.8) is 0 Å². The van der Waals surface area contributed by atoms with Gasteiger partial charge in [-0.3, -0.25) is 0 Å². The number of nitrogens with one attached hydrogen (secondary N) is 1. The van der Waals surface area contributed by atoms with Crippen LogP contribution in [-0.2, 0) is 19.5 Å². The van der Waals surface area contributed by atoms with E-state index in [9.17, 15) is 17.4 Å². The lowest BCUT2D eigenvalue weighted by atomic mass is 10.1. The second kappa shape index (κ2) is 8.19. The summed E-state index contributed by atoms with van der Waals surface area (Å²) in [5.41, 5.74) is 1.27. The Morgan fingerprint density at radius 1 is 1.37 bits per heavy atom. The van der Waals surface area contributed by atoms with E-state index >= 15 is 0 Å². The first-order chi connectivity index (χ1) is 14.3. The molecule has 4 rings (SSSR count). The smallest absolute Gasteiger partial charge is 0.374 e. The molecule has 1 aliphatic heterocycles. The number of H-pyrrole nitrogens is 1. The monoisotopic (exact) mass is 439 g/mol. The summed E-state index contributed by atoms with van der Waals surface area (Å²) in [5, 5.41) is 0.757. The lowest BCUT2D eigenvalue weighted by Gasteiger charge is -2.34. The zero-order chi connectivity index (χ0) is 21.3. The van der Waals surface area contributed by atoms with E-state index in [-0.39, 0.29) is 17.7 Å². The number of anilines is 1. The average molecular weight is 439 g/mol. The second-order valence-corrected chi connectivity index (χ2v) is 7.91. The van der Waals surface area contributed by atoms with Crippen LogP contribution in [0.1, 0.15) is 6.92 Å². The third-order valence-electron chi connectivity index (χ3n) is 4.54. The Morgan fingerprint density at radius 2 is 2.20 bits per heavy atom. The number of alkyl halides is 3. The fourth-order valence-electron chi connectivity index (χ4n) is 3.24. The van der Waals surface area contributed by atoms with Crippen LogP contribution in [0.15, 0.2) is 35.0 Å². The third kappa shape index (κ3) is 4.54. The average Bonchev–Trinajstić information content (AvgIpc) is 3.15. The summed E-state index contributed by atoms with van der Waals surface area (Å²) < 4.78 is 58.8. The van der Waals surface area contributed by atoms with Crippen LogP contribution < -0.4 is 4.90 Å². The molecular weight excluding hydrogens is 421 g/mol. The molecule has 1 aliphatic rings. The van der Waals surface area contributed by atoms with Crippen molar-refractivity contribution in [1.82, 2.24) is 19.9 Å². The van der Waals surface area contributed by atoms with E-state index in [2.05, 4.69) is 24.3 Å². The van der Waals surface area contributed by atoms with Crippen LogP contribution in [0.4, 0.5) is 24.8 Å². The molecule has 1 fully saturated rings. The number of hydrogen-bond donors (Lipinski definition) is 1. The van der Waals surface area contributed by atoms with Gasteiger partial charge in [-0.25, -0.2) is 15.0 Å². The van der Waals surface area contributed by atoms with Crippen LogP contribution in [0.25, 0.3) is 22.4 Å². The van der Waals surface area contributed by atoms with Crippen LogP contribution in [0.2, 0.25) is 0 Å². The number of nitrogens with zero attached hydrogens (tertiary/aromatic N) is 5. The Labute approximate surface area is 171 Å². The Kier molecular flexibility index (Phi) is 5.60. The molecule has 0 radical (unpaired) electrons. The van der Waals surface area contributed by atoms with Gasteiger partial charge in [0, 0.05) is 41.7 Å². The van der Waals surface area contributed by atoms with Gasteiger partial charge >= 0.3 is 6.18 Å². The standard InChI is InChI=1S/C18H18F3N6O2S/c1-11-9-29-7-6-27(11)15-8-14(26-30(28)10-18(19,20)21)24-17(25-15)13-3-5-23-16-12(13)2-4-22-16/h2-5,8,11H,6-7,9-10H2,1H3,(H,22,23)/q-1/t11-/m1/s1. The Hall–Kier alpha value is -2.73. The first-order valence-corrected chi connectivity index (χ1v) is 10.4. The molecule has 0 bridgehead atoms. The number of fused-ring (bicyclic) bond motifs is 1. The molecule has 0 unspecified atom stereocenters. The van der Waals surface area contributed by atoms with Crippen LogP contribution in [0, 0.1) is 0 Å². The van der Waals surface area contributed by atoms with E-state index in [4.69, 9.17) is 4.74 Å². The number of halogens is 3. The van der Waals surface area contributed by atoms with Crippen LogP contribution in [0.5, 0.6) is 0 Å². The van der Waals surface area contributed by atoms with Crippen molar-refractivity contribution in [1.29, 1.82) is 0 Å². The second-order valence-electron chi connectivity index (χ2n) is 6.80. The Bertz CT molecular complexity index is 1140. The molecule has 160 valence electrons. The molecule has 0 aliphatic carbocycles. The SMILES string of the molecule is C[C@@H]1COCCN1c1cc(N=[S-](=O)CC(F)(F)F)nc(-c2ccnc3[nH]ccc23)n1. The topological polar surface area (TPSA) is 96.4 Å². The van der Waals surface area contributed by atoms with Crippen molar-refractivity contribution in [2.75, 3.05) is 30.4 Å². The molecule has 0 spiro atoms. The molecular formula is C18H18F3N6O2S-. The van der Waals surface area contributed by atoms with Crippen LogP contribution >= 0.6 is 0 Å². The van der Waals surface area contributed by atoms with E-state index in [1.807, 2.05) is 17.9 Å². The molecule has 0 amide bonds. The van der Waals surface area contributed by atoms with Gasteiger partial charge in [0.2, 0.25) is 0 Å². The predicted octanol–water partition coefficient (Wildman–Crippen LogP) is 3.59. The summed E-state index contributed by atoms with van der Waals surface area (Å²) in [4.78, 5) is 18.1. The normalized spacial score (nSPS) is 18.8. The van der Waals surface area contributed by atoms with Gasteiger partial charge in [0.1, 0.15) is 17.3 Å². The Morgan fingerprint density at radius 3 is 2.97 bits per heavy atom. The van der Waals surface area contributed by atoms with Crippen molar-refractivity contribution in [2.24, 2.45) is 4.36 Å². The van der Waals surface area contributed by atoms with E-state index in [0.717, 1.165) is 5.39 Å². The summed E-state index contributed by atoms with van der Waals surface area (Å²) in [6.45, 7) is 3.49. The van der Waals surface area contributed by atoms with Crippen molar-refractivity contribution in [2.45, 2.75) is 19.1 Å². The Balaban J connectivity index is 1.83. The summed E-state index contributed by atoms with van der Waals surface area (Å²) in [7, 11) is -2.50. The molecule has 0 aromatic carbocycles.